The Morgan fingerprint density at radius 3 is 1.72 bits per heavy atom. The number of rotatable bonds is 9. The minimum Gasteiger partial charge on any atom is -0.489 e. The van der Waals surface area contributed by atoms with Gasteiger partial charge in [-0.1, -0.05) is 13.8 Å². The molecule has 0 amide bonds. The van der Waals surface area contributed by atoms with Gasteiger partial charge in [0, 0.05) is 12.5 Å². The van der Waals surface area contributed by atoms with Crippen molar-refractivity contribution in [3.05, 3.63) is 53.3 Å². The van der Waals surface area contributed by atoms with Crippen LogP contribution >= 0.6 is 63.7 Å². The van der Waals surface area contributed by atoms with Gasteiger partial charge < -0.3 is 18.9 Å². The molecule has 0 radical (unpaired) electrons. The lowest BCUT2D eigenvalue weighted by molar-refractivity contribution is 0.145. The zero-order valence-electron chi connectivity index (χ0n) is 16.4. The maximum absolute atomic E-state index is 5.91. The minimum absolute atomic E-state index is 0.212. The van der Waals surface area contributed by atoms with Gasteiger partial charge in [0.1, 0.15) is 30.8 Å². The van der Waals surface area contributed by atoms with Crippen molar-refractivity contribution in [2.45, 2.75) is 25.4 Å². The Bertz CT molecular complexity index is 835. The average Bonchev–Trinajstić information content (AvgIpc) is 3.47. The third-order valence-corrected chi connectivity index (χ3v) is 7.15. The summed E-state index contributed by atoms with van der Waals surface area (Å²) >= 11 is 14.6. The van der Waals surface area contributed by atoms with Crippen molar-refractivity contribution in [3.63, 3.8) is 0 Å². The number of ether oxygens (including phenoxy) is 4. The van der Waals surface area contributed by atoms with Crippen LogP contribution < -0.4 is 9.47 Å². The number of hydrogen-bond acceptors (Lipinski definition) is 4. The van der Waals surface area contributed by atoms with E-state index in [9.17, 15) is 0 Å². The Kier molecular flexibility index (Phi) is 8.12. The van der Waals surface area contributed by atoms with Gasteiger partial charge in [0.2, 0.25) is 0 Å². The number of halogens is 4. The highest BCUT2D eigenvalue weighted by Crippen LogP contribution is 2.44. The van der Waals surface area contributed by atoms with Crippen LogP contribution in [0.2, 0.25) is 0 Å². The van der Waals surface area contributed by atoms with Crippen molar-refractivity contribution in [1.29, 1.82) is 0 Å². The molecule has 1 unspecified atom stereocenters. The molecule has 1 aliphatic heterocycles. The van der Waals surface area contributed by atoms with Crippen molar-refractivity contribution in [2.75, 3.05) is 33.5 Å². The SMILES string of the molecule is COCCOc1c(Br)cc(C(C)(C)c2cc(Br)c(OCC3CO3)c(Br)c2)cc1Br. The van der Waals surface area contributed by atoms with E-state index in [0.29, 0.717) is 19.8 Å². The van der Waals surface area contributed by atoms with Crippen LogP contribution in [0.15, 0.2) is 42.2 Å². The van der Waals surface area contributed by atoms with E-state index in [0.717, 1.165) is 47.1 Å². The Morgan fingerprint density at radius 2 is 1.31 bits per heavy atom. The number of methoxy groups -OCH3 is 1. The summed E-state index contributed by atoms with van der Waals surface area (Å²) in [5, 5.41) is 0. The number of epoxide rings is 1. The summed E-state index contributed by atoms with van der Waals surface area (Å²) in [7, 11) is 1.66. The van der Waals surface area contributed by atoms with Crippen molar-refractivity contribution in [3.8, 4) is 11.5 Å². The second kappa shape index (κ2) is 10.0. The van der Waals surface area contributed by atoms with Gasteiger partial charge in [-0.05, 0) is 99.1 Å². The maximum Gasteiger partial charge on any atom is 0.147 e. The largest absolute Gasteiger partial charge is 0.489 e. The third kappa shape index (κ3) is 5.77. The topological polar surface area (TPSA) is 40.2 Å². The first-order valence-corrected chi connectivity index (χ1v) is 12.3. The van der Waals surface area contributed by atoms with E-state index < -0.39 is 0 Å². The predicted molar refractivity (Wildman–Crippen MR) is 128 cm³/mol. The van der Waals surface area contributed by atoms with Gasteiger partial charge in [0.15, 0.2) is 0 Å². The molecular weight excluding hydrogens is 636 g/mol. The van der Waals surface area contributed by atoms with Crippen molar-refractivity contribution in [1.82, 2.24) is 0 Å². The van der Waals surface area contributed by atoms with Crippen molar-refractivity contribution >= 4 is 63.7 Å². The zero-order valence-corrected chi connectivity index (χ0v) is 22.7. The molecule has 3 rings (SSSR count). The molecule has 2 aromatic carbocycles. The summed E-state index contributed by atoms with van der Waals surface area (Å²) in [6, 6.07) is 8.42. The zero-order chi connectivity index (χ0) is 21.2. The van der Waals surface area contributed by atoms with Crippen LogP contribution in [0, 0.1) is 0 Å². The lowest BCUT2D eigenvalue weighted by Crippen LogP contribution is -2.19. The summed E-state index contributed by atoms with van der Waals surface area (Å²) in [4.78, 5) is 0. The molecule has 158 valence electrons. The van der Waals surface area contributed by atoms with Gasteiger partial charge in [0.25, 0.3) is 0 Å². The predicted octanol–water partition coefficient (Wildman–Crippen LogP) is 6.87. The van der Waals surface area contributed by atoms with Gasteiger partial charge in [0.05, 0.1) is 31.1 Å². The summed E-state index contributed by atoms with van der Waals surface area (Å²) < 4.78 is 25.6. The standard InChI is InChI=1S/C21H22Br4O4/c1-21(2,12-6-15(22)19(16(23)7-12)27-5-4-26-3)13-8-17(24)20(18(25)9-13)29-11-14-10-28-14/h6-9,14H,4-5,10-11H2,1-3H3. The monoisotopic (exact) mass is 654 g/mol. The normalized spacial score (nSPS) is 16.0. The highest BCUT2D eigenvalue weighted by atomic mass is 79.9. The lowest BCUT2D eigenvalue weighted by atomic mass is 9.78. The second-order valence-electron chi connectivity index (χ2n) is 7.27. The van der Waals surface area contributed by atoms with Crippen LogP contribution in [0.3, 0.4) is 0 Å². The fourth-order valence-electron chi connectivity index (χ4n) is 2.85. The van der Waals surface area contributed by atoms with Gasteiger partial charge >= 0.3 is 0 Å². The Balaban J connectivity index is 1.87. The molecule has 29 heavy (non-hydrogen) atoms. The van der Waals surface area contributed by atoms with E-state index in [1.165, 1.54) is 0 Å². The molecule has 0 aromatic heterocycles. The molecule has 2 aromatic rings. The fraction of sp³-hybridized carbons (Fsp3) is 0.429. The van der Waals surface area contributed by atoms with E-state index >= 15 is 0 Å². The molecule has 1 aliphatic rings. The molecule has 0 N–H and O–H groups in total. The van der Waals surface area contributed by atoms with Crippen LogP contribution in [0.5, 0.6) is 11.5 Å². The smallest absolute Gasteiger partial charge is 0.147 e. The van der Waals surface area contributed by atoms with Crippen LogP contribution in [-0.4, -0.2) is 39.6 Å². The molecule has 1 saturated heterocycles. The van der Waals surface area contributed by atoms with Gasteiger partial charge in [-0.25, -0.2) is 0 Å². The number of benzene rings is 2. The van der Waals surface area contributed by atoms with E-state index in [2.05, 4.69) is 102 Å². The van der Waals surface area contributed by atoms with Crippen LogP contribution in [0.1, 0.15) is 25.0 Å². The molecule has 0 aliphatic carbocycles. The van der Waals surface area contributed by atoms with E-state index in [1.807, 2.05) is 0 Å². The van der Waals surface area contributed by atoms with Crippen molar-refractivity contribution < 1.29 is 18.9 Å². The highest BCUT2D eigenvalue weighted by molar-refractivity contribution is 9.11. The third-order valence-electron chi connectivity index (χ3n) is 4.79. The van der Waals surface area contributed by atoms with E-state index in [1.54, 1.807) is 7.11 Å². The molecule has 0 saturated carbocycles. The second-order valence-corrected chi connectivity index (χ2v) is 10.7. The van der Waals surface area contributed by atoms with Crippen LogP contribution in [-0.2, 0) is 14.9 Å². The lowest BCUT2D eigenvalue weighted by Gasteiger charge is -2.28. The molecule has 8 heteroatoms. The maximum atomic E-state index is 5.91. The molecule has 0 spiro atoms. The summed E-state index contributed by atoms with van der Waals surface area (Å²) in [6.07, 6.45) is 0.212. The summed E-state index contributed by atoms with van der Waals surface area (Å²) in [5.74, 6) is 1.57. The Morgan fingerprint density at radius 1 is 0.862 bits per heavy atom. The number of hydrogen-bond donors (Lipinski definition) is 0. The quantitative estimate of drug-likeness (QED) is 0.218. The highest BCUT2D eigenvalue weighted by Gasteiger charge is 2.28. The Labute approximate surface area is 205 Å². The fourth-order valence-corrected chi connectivity index (χ4v) is 5.68. The first-order chi connectivity index (χ1) is 13.7. The Hall–Kier alpha value is -0.120. The summed E-state index contributed by atoms with van der Waals surface area (Å²) in [5.41, 5.74) is 2.05. The first kappa shape index (κ1) is 23.5. The minimum atomic E-state index is -0.251. The average molecular weight is 658 g/mol. The van der Waals surface area contributed by atoms with Crippen LogP contribution in [0.25, 0.3) is 0 Å². The molecule has 1 heterocycles. The van der Waals surface area contributed by atoms with E-state index in [4.69, 9.17) is 18.9 Å². The molecule has 1 atom stereocenters. The summed E-state index contributed by atoms with van der Waals surface area (Å²) in [6.45, 7) is 6.75. The molecule has 1 fully saturated rings. The molecule has 4 nitrogen and oxygen atoms in total. The molecular formula is C21H22Br4O4. The first-order valence-electron chi connectivity index (χ1n) is 9.09. The molecule has 0 bridgehead atoms. The van der Waals surface area contributed by atoms with Crippen molar-refractivity contribution in [2.24, 2.45) is 0 Å². The van der Waals surface area contributed by atoms with Gasteiger partial charge in [-0.15, -0.1) is 0 Å². The van der Waals surface area contributed by atoms with E-state index in [-0.39, 0.29) is 11.5 Å². The van der Waals surface area contributed by atoms with Gasteiger partial charge in [-0.2, -0.15) is 0 Å². The van der Waals surface area contributed by atoms with Crippen LogP contribution in [0.4, 0.5) is 0 Å². The van der Waals surface area contributed by atoms with Gasteiger partial charge in [-0.3, -0.25) is 0 Å².